The Labute approximate surface area is 132 Å². The molecule has 0 unspecified atom stereocenters. The summed E-state index contributed by atoms with van der Waals surface area (Å²) in [5.41, 5.74) is 0.242. The average Bonchev–Trinajstić information content (AvgIpc) is 2.98. The normalized spacial score (nSPS) is 22.6. The van der Waals surface area contributed by atoms with Gasteiger partial charge in [0, 0.05) is 25.7 Å². The molecule has 2 aliphatic rings. The molecule has 1 saturated carbocycles. The van der Waals surface area contributed by atoms with Crippen LogP contribution in [0, 0.1) is 0 Å². The highest BCUT2D eigenvalue weighted by Crippen LogP contribution is 2.30. The van der Waals surface area contributed by atoms with E-state index < -0.39 is 5.60 Å². The molecule has 0 atom stereocenters. The van der Waals surface area contributed by atoms with Crippen LogP contribution >= 0.6 is 0 Å². The molecule has 3 rings (SSSR count). The highest BCUT2D eigenvalue weighted by atomic mass is 16.3. The summed E-state index contributed by atoms with van der Waals surface area (Å²) < 4.78 is 0. The van der Waals surface area contributed by atoms with E-state index in [-0.39, 0.29) is 11.9 Å². The predicted octanol–water partition coefficient (Wildman–Crippen LogP) is 2.07. The summed E-state index contributed by atoms with van der Waals surface area (Å²) in [6.45, 7) is 2.97. The number of carbonyl (C=O) groups is 1. The van der Waals surface area contributed by atoms with E-state index >= 15 is 0 Å². The van der Waals surface area contributed by atoms with Crippen molar-refractivity contribution in [3.05, 3.63) is 35.9 Å². The standard InChI is InChI=1S/C18H26N2O2/c21-17(18(22)10-4-5-11-18)19-16-8-12-20(13-9-16)14-15-6-2-1-3-7-15/h1-3,6-7,16,22H,4-5,8-14H2,(H,19,21). The Hall–Kier alpha value is -1.39. The third-order valence-electron chi connectivity index (χ3n) is 5.03. The Kier molecular flexibility index (Phi) is 4.79. The van der Waals surface area contributed by atoms with Gasteiger partial charge >= 0.3 is 0 Å². The number of hydrogen-bond donors (Lipinski definition) is 2. The molecule has 0 aromatic heterocycles. The van der Waals surface area contributed by atoms with Crippen molar-refractivity contribution in [2.24, 2.45) is 0 Å². The Morgan fingerprint density at radius 1 is 1.18 bits per heavy atom. The zero-order chi connectivity index (χ0) is 15.4. The SMILES string of the molecule is O=C(NC1CCN(Cc2ccccc2)CC1)C1(O)CCCC1. The van der Waals surface area contributed by atoms with Crippen molar-refractivity contribution in [3.63, 3.8) is 0 Å². The monoisotopic (exact) mass is 302 g/mol. The second kappa shape index (κ2) is 6.80. The zero-order valence-corrected chi connectivity index (χ0v) is 13.1. The molecule has 1 amide bonds. The van der Waals surface area contributed by atoms with Crippen molar-refractivity contribution in [2.75, 3.05) is 13.1 Å². The predicted molar refractivity (Wildman–Crippen MR) is 86.3 cm³/mol. The molecule has 4 nitrogen and oxygen atoms in total. The van der Waals surface area contributed by atoms with Crippen molar-refractivity contribution in [3.8, 4) is 0 Å². The van der Waals surface area contributed by atoms with E-state index in [4.69, 9.17) is 0 Å². The minimum absolute atomic E-state index is 0.147. The lowest BCUT2D eigenvalue weighted by Crippen LogP contribution is -2.51. The maximum absolute atomic E-state index is 12.2. The summed E-state index contributed by atoms with van der Waals surface area (Å²) in [5, 5.41) is 13.4. The van der Waals surface area contributed by atoms with Crippen molar-refractivity contribution in [1.29, 1.82) is 0 Å². The second-order valence-corrected chi connectivity index (χ2v) is 6.75. The molecule has 0 bridgehead atoms. The lowest BCUT2D eigenvalue weighted by Gasteiger charge is -2.34. The van der Waals surface area contributed by atoms with Gasteiger partial charge in [-0.05, 0) is 44.1 Å². The molecule has 120 valence electrons. The molecular formula is C18H26N2O2. The number of amides is 1. The molecule has 0 spiro atoms. The number of carbonyl (C=O) groups excluding carboxylic acids is 1. The summed E-state index contributed by atoms with van der Waals surface area (Å²) in [7, 11) is 0. The first-order chi connectivity index (χ1) is 10.7. The molecule has 1 aliphatic heterocycles. The van der Waals surface area contributed by atoms with Crippen LogP contribution < -0.4 is 5.32 Å². The molecule has 4 heteroatoms. The third kappa shape index (κ3) is 3.68. The number of likely N-dealkylation sites (tertiary alicyclic amines) is 1. The summed E-state index contributed by atoms with van der Waals surface area (Å²) in [6.07, 6.45) is 5.08. The minimum Gasteiger partial charge on any atom is -0.380 e. The fraction of sp³-hybridized carbons (Fsp3) is 0.611. The van der Waals surface area contributed by atoms with Crippen LogP contribution in [0.1, 0.15) is 44.1 Å². The molecule has 0 radical (unpaired) electrons. The van der Waals surface area contributed by atoms with Crippen molar-refractivity contribution >= 4 is 5.91 Å². The molecule has 22 heavy (non-hydrogen) atoms. The quantitative estimate of drug-likeness (QED) is 0.895. The van der Waals surface area contributed by atoms with Crippen molar-refractivity contribution in [2.45, 2.75) is 56.7 Å². The van der Waals surface area contributed by atoms with Gasteiger partial charge in [0.05, 0.1) is 0 Å². The molecule has 1 heterocycles. The Morgan fingerprint density at radius 2 is 1.82 bits per heavy atom. The van der Waals surface area contributed by atoms with E-state index in [1.165, 1.54) is 5.56 Å². The van der Waals surface area contributed by atoms with E-state index in [0.29, 0.717) is 12.8 Å². The first-order valence-electron chi connectivity index (χ1n) is 8.45. The number of nitrogens with one attached hydrogen (secondary N) is 1. The van der Waals surface area contributed by atoms with Crippen LogP contribution in [0.25, 0.3) is 0 Å². The highest BCUT2D eigenvalue weighted by molar-refractivity contribution is 5.85. The van der Waals surface area contributed by atoms with Gasteiger partial charge in [-0.2, -0.15) is 0 Å². The molecule has 1 aromatic rings. The van der Waals surface area contributed by atoms with Crippen LogP contribution in [-0.4, -0.2) is 40.6 Å². The Balaban J connectivity index is 1.45. The van der Waals surface area contributed by atoms with Crippen LogP contribution in [0.2, 0.25) is 0 Å². The minimum atomic E-state index is -1.10. The largest absolute Gasteiger partial charge is 0.380 e. The topological polar surface area (TPSA) is 52.6 Å². The number of benzene rings is 1. The van der Waals surface area contributed by atoms with Gasteiger partial charge in [0.1, 0.15) is 5.60 Å². The Morgan fingerprint density at radius 3 is 2.45 bits per heavy atom. The number of aliphatic hydroxyl groups is 1. The van der Waals surface area contributed by atoms with Gasteiger partial charge in [-0.1, -0.05) is 30.3 Å². The molecule has 1 aliphatic carbocycles. The first-order valence-corrected chi connectivity index (χ1v) is 8.45. The first kappa shape index (κ1) is 15.5. The molecular weight excluding hydrogens is 276 g/mol. The van der Waals surface area contributed by atoms with E-state index in [9.17, 15) is 9.90 Å². The van der Waals surface area contributed by atoms with E-state index in [1.807, 2.05) is 6.07 Å². The fourth-order valence-corrected chi connectivity index (χ4v) is 3.58. The van der Waals surface area contributed by atoms with Crippen LogP contribution in [0.15, 0.2) is 30.3 Å². The van der Waals surface area contributed by atoms with E-state index in [1.54, 1.807) is 0 Å². The van der Waals surface area contributed by atoms with Crippen LogP contribution in [0.4, 0.5) is 0 Å². The lowest BCUT2D eigenvalue weighted by molar-refractivity contribution is -0.140. The van der Waals surface area contributed by atoms with Crippen LogP contribution in [0.3, 0.4) is 0 Å². The van der Waals surface area contributed by atoms with E-state index in [0.717, 1.165) is 45.3 Å². The third-order valence-corrected chi connectivity index (χ3v) is 5.03. The van der Waals surface area contributed by atoms with Crippen molar-refractivity contribution < 1.29 is 9.90 Å². The number of rotatable bonds is 4. The second-order valence-electron chi connectivity index (χ2n) is 6.75. The summed E-state index contributed by atoms with van der Waals surface area (Å²) >= 11 is 0. The lowest BCUT2D eigenvalue weighted by atomic mass is 9.98. The fourth-order valence-electron chi connectivity index (χ4n) is 3.58. The summed E-state index contributed by atoms with van der Waals surface area (Å²) in [4.78, 5) is 14.7. The maximum atomic E-state index is 12.2. The molecule has 1 saturated heterocycles. The smallest absolute Gasteiger partial charge is 0.252 e. The number of hydrogen-bond acceptors (Lipinski definition) is 3. The van der Waals surface area contributed by atoms with Gasteiger partial charge < -0.3 is 10.4 Å². The Bertz CT molecular complexity index is 489. The molecule has 2 fully saturated rings. The molecule has 2 N–H and O–H groups in total. The van der Waals surface area contributed by atoms with Gasteiger partial charge in [0.25, 0.3) is 5.91 Å². The summed E-state index contributed by atoms with van der Waals surface area (Å²) in [5.74, 6) is -0.147. The maximum Gasteiger partial charge on any atom is 0.252 e. The van der Waals surface area contributed by atoms with Crippen LogP contribution in [-0.2, 0) is 11.3 Å². The van der Waals surface area contributed by atoms with Crippen LogP contribution in [0.5, 0.6) is 0 Å². The molecule has 1 aromatic carbocycles. The highest BCUT2D eigenvalue weighted by Gasteiger charge is 2.39. The van der Waals surface area contributed by atoms with E-state index in [2.05, 4.69) is 34.5 Å². The average molecular weight is 302 g/mol. The van der Waals surface area contributed by atoms with Crippen molar-refractivity contribution in [1.82, 2.24) is 10.2 Å². The van der Waals surface area contributed by atoms with Gasteiger partial charge in [-0.3, -0.25) is 9.69 Å². The number of nitrogens with zero attached hydrogens (tertiary/aromatic N) is 1. The zero-order valence-electron chi connectivity index (χ0n) is 13.1. The van der Waals surface area contributed by atoms with Gasteiger partial charge in [0.2, 0.25) is 0 Å². The van der Waals surface area contributed by atoms with Gasteiger partial charge in [0.15, 0.2) is 0 Å². The summed E-state index contributed by atoms with van der Waals surface area (Å²) in [6, 6.07) is 10.7. The van der Waals surface area contributed by atoms with Gasteiger partial charge in [-0.25, -0.2) is 0 Å². The van der Waals surface area contributed by atoms with Gasteiger partial charge in [-0.15, -0.1) is 0 Å². The number of piperidine rings is 1.